The van der Waals surface area contributed by atoms with E-state index >= 15 is 0 Å². The van der Waals surface area contributed by atoms with Gasteiger partial charge in [-0.1, -0.05) is 13.0 Å². The van der Waals surface area contributed by atoms with Gasteiger partial charge in [0.25, 0.3) is 0 Å². The van der Waals surface area contributed by atoms with Crippen LogP contribution in [0.15, 0.2) is 35.7 Å². The van der Waals surface area contributed by atoms with Crippen molar-refractivity contribution in [3.05, 3.63) is 57.7 Å². The number of aromatic amines is 1. The lowest BCUT2D eigenvalue weighted by atomic mass is 9.64. The third-order valence-electron chi connectivity index (χ3n) is 6.44. The summed E-state index contributed by atoms with van der Waals surface area (Å²) in [6.07, 6.45) is 3.60. The molecule has 2 aromatic heterocycles. The van der Waals surface area contributed by atoms with Crippen LogP contribution in [0.1, 0.15) is 42.3 Å². The molecule has 1 saturated carbocycles. The smallest absolute Gasteiger partial charge is 0.123 e. The molecule has 3 atom stereocenters. The number of fused-ring (bicyclic) bond motifs is 4. The molecule has 5 heteroatoms. The average Bonchev–Trinajstić information content (AvgIpc) is 3.27. The normalized spacial score (nSPS) is 31.4. The highest BCUT2D eigenvalue weighted by atomic mass is 32.1. The molecule has 0 amide bonds. The van der Waals surface area contributed by atoms with E-state index in [0.29, 0.717) is 6.61 Å². The molecule has 1 aliphatic heterocycles. The molecule has 1 aromatic carbocycles. The van der Waals surface area contributed by atoms with Crippen molar-refractivity contribution in [1.29, 1.82) is 0 Å². The molecule has 3 N–H and O–H groups in total. The summed E-state index contributed by atoms with van der Waals surface area (Å²) in [5.41, 5.74) is 9.62. The molecule has 136 valence electrons. The van der Waals surface area contributed by atoms with Crippen molar-refractivity contribution in [2.45, 2.75) is 49.7 Å². The molecule has 1 spiro atoms. The number of hydrogen-bond donors (Lipinski definition) is 2. The molecule has 3 aromatic rings. The molecule has 0 radical (unpaired) electrons. The predicted molar refractivity (Wildman–Crippen MR) is 103 cm³/mol. The van der Waals surface area contributed by atoms with E-state index in [1.807, 2.05) is 17.4 Å². The summed E-state index contributed by atoms with van der Waals surface area (Å²) in [6.45, 7) is 2.95. The fraction of sp³-hybridized carbons (Fsp3) is 0.429. The van der Waals surface area contributed by atoms with Gasteiger partial charge in [0, 0.05) is 27.2 Å². The molecule has 0 saturated heterocycles. The van der Waals surface area contributed by atoms with Crippen molar-refractivity contribution in [2.24, 2.45) is 5.73 Å². The molecular weight excluding hydrogens is 347 g/mol. The van der Waals surface area contributed by atoms with Crippen molar-refractivity contribution in [3.8, 4) is 0 Å². The maximum atomic E-state index is 13.8. The summed E-state index contributed by atoms with van der Waals surface area (Å²) in [5.74, 6) is -0.196. The molecule has 0 bridgehead atoms. The minimum Gasteiger partial charge on any atom is -0.367 e. The van der Waals surface area contributed by atoms with Crippen molar-refractivity contribution in [2.75, 3.05) is 6.61 Å². The van der Waals surface area contributed by atoms with E-state index < -0.39 is 5.60 Å². The Labute approximate surface area is 156 Å². The van der Waals surface area contributed by atoms with E-state index in [2.05, 4.69) is 29.4 Å². The number of hydrogen-bond acceptors (Lipinski definition) is 3. The SMILES string of the molecule is CC1(c2cccs2)CCC2(OCCc3c2[nH]c2ccc(F)cc32)C(N)C1. The second-order valence-corrected chi connectivity index (χ2v) is 8.95. The summed E-state index contributed by atoms with van der Waals surface area (Å²) in [6, 6.07) is 9.19. The first kappa shape index (κ1) is 16.5. The lowest BCUT2D eigenvalue weighted by Crippen LogP contribution is -2.56. The Morgan fingerprint density at radius 3 is 2.96 bits per heavy atom. The summed E-state index contributed by atoms with van der Waals surface area (Å²) < 4.78 is 20.2. The molecule has 3 unspecified atom stereocenters. The zero-order chi connectivity index (χ0) is 17.9. The Kier molecular flexibility index (Phi) is 3.58. The molecule has 3 heterocycles. The van der Waals surface area contributed by atoms with Gasteiger partial charge in [-0.3, -0.25) is 0 Å². The van der Waals surface area contributed by atoms with Crippen LogP contribution in [0, 0.1) is 5.82 Å². The number of ether oxygens (including phenoxy) is 1. The minimum atomic E-state index is -0.486. The van der Waals surface area contributed by atoms with Crippen LogP contribution in [0.4, 0.5) is 4.39 Å². The Balaban J connectivity index is 1.58. The fourth-order valence-corrected chi connectivity index (χ4v) is 5.91. The van der Waals surface area contributed by atoms with Crippen molar-refractivity contribution < 1.29 is 9.13 Å². The fourth-order valence-electron chi connectivity index (χ4n) is 4.98. The van der Waals surface area contributed by atoms with Gasteiger partial charge in [-0.2, -0.15) is 0 Å². The second-order valence-electron chi connectivity index (χ2n) is 8.00. The van der Waals surface area contributed by atoms with E-state index in [1.165, 1.54) is 16.5 Å². The number of nitrogens with one attached hydrogen (secondary N) is 1. The van der Waals surface area contributed by atoms with Gasteiger partial charge in [-0.05, 0) is 60.9 Å². The highest BCUT2D eigenvalue weighted by Crippen LogP contribution is 2.51. The van der Waals surface area contributed by atoms with Crippen LogP contribution < -0.4 is 5.73 Å². The molecule has 1 fully saturated rings. The van der Waals surface area contributed by atoms with Gasteiger partial charge in [0.1, 0.15) is 11.4 Å². The van der Waals surface area contributed by atoms with E-state index in [-0.39, 0.29) is 17.3 Å². The van der Waals surface area contributed by atoms with Gasteiger partial charge in [-0.25, -0.2) is 4.39 Å². The molecular formula is C21H23FN2OS. The van der Waals surface area contributed by atoms with Crippen LogP contribution in [0.2, 0.25) is 0 Å². The maximum absolute atomic E-state index is 13.8. The zero-order valence-electron chi connectivity index (χ0n) is 14.8. The summed E-state index contributed by atoms with van der Waals surface area (Å²) in [5, 5.41) is 3.11. The van der Waals surface area contributed by atoms with Crippen LogP contribution in [-0.2, 0) is 22.2 Å². The Bertz CT molecular complexity index is 966. The first-order valence-corrected chi connectivity index (χ1v) is 10.1. The number of H-pyrrole nitrogens is 1. The first-order chi connectivity index (χ1) is 12.5. The lowest BCUT2D eigenvalue weighted by molar-refractivity contribution is -0.110. The predicted octanol–water partition coefficient (Wildman–Crippen LogP) is 4.61. The standard InChI is InChI=1S/C21H23FN2OS/c1-20(18-3-2-10-26-18)7-8-21(17(23)12-20)19-14(6-9-25-21)15-11-13(22)4-5-16(15)24-19/h2-5,10-11,17,24H,6-9,12,23H2,1H3. The first-order valence-electron chi connectivity index (χ1n) is 9.26. The zero-order valence-corrected chi connectivity index (χ0v) is 15.7. The third kappa shape index (κ3) is 2.24. The van der Waals surface area contributed by atoms with Crippen LogP contribution in [0.5, 0.6) is 0 Å². The van der Waals surface area contributed by atoms with Gasteiger partial charge in [0.05, 0.1) is 12.3 Å². The molecule has 1 aliphatic carbocycles. The highest BCUT2D eigenvalue weighted by Gasteiger charge is 2.52. The monoisotopic (exact) mass is 370 g/mol. The lowest BCUT2D eigenvalue weighted by Gasteiger charge is -2.50. The van der Waals surface area contributed by atoms with E-state index in [4.69, 9.17) is 10.5 Å². The number of rotatable bonds is 1. The Morgan fingerprint density at radius 1 is 1.31 bits per heavy atom. The van der Waals surface area contributed by atoms with Gasteiger partial charge in [0.2, 0.25) is 0 Å². The van der Waals surface area contributed by atoms with Crippen molar-refractivity contribution in [3.63, 3.8) is 0 Å². The largest absolute Gasteiger partial charge is 0.367 e. The van der Waals surface area contributed by atoms with Gasteiger partial charge in [0.15, 0.2) is 0 Å². The number of halogens is 1. The van der Waals surface area contributed by atoms with Gasteiger partial charge in [-0.15, -0.1) is 11.3 Å². The number of nitrogens with two attached hydrogens (primary N) is 1. The van der Waals surface area contributed by atoms with E-state index in [9.17, 15) is 4.39 Å². The average molecular weight is 370 g/mol. The van der Waals surface area contributed by atoms with E-state index in [1.54, 1.807) is 6.07 Å². The van der Waals surface area contributed by atoms with E-state index in [0.717, 1.165) is 42.3 Å². The number of aromatic nitrogens is 1. The summed E-state index contributed by atoms with van der Waals surface area (Å²) in [7, 11) is 0. The van der Waals surface area contributed by atoms with Crippen LogP contribution >= 0.6 is 11.3 Å². The Morgan fingerprint density at radius 2 is 2.19 bits per heavy atom. The third-order valence-corrected chi connectivity index (χ3v) is 7.61. The second kappa shape index (κ2) is 5.65. The minimum absolute atomic E-state index is 0.0952. The molecule has 3 nitrogen and oxygen atoms in total. The number of thiophene rings is 1. The molecule has 26 heavy (non-hydrogen) atoms. The number of benzene rings is 1. The van der Waals surface area contributed by atoms with Gasteiger partial charge < -0.3 is 15.5 Å². The Hall–Kier alpha value is -1.69. The topological polar surface area (TPSA) is 51.0 Å². The summed E-state index contributed by atoms with van der Waals surface area (Å²) >= 11 is 1.81. The van der Waals surface area contributed by atoms with Crippen LogP contribution in [0.25, 0.3) is 10.9 Å². The summed E-state index contributed by atoms with van der Waals surface area (Å²) in [4.78, 5) is 4.93. The van der Waals surface area contributed by atoms with Crippen LogP contribution in [0.3, 0.4) is 0 Å². The van der Waals surface area contributed by atoms with Crippen LogP contribution in [-0.4, -0.2) is 17.6 Å². The molecule has 5 rings (SSSR count). The quantitative estimate of drug-likeness (QED) is 0.657. The van der Waals surface area contributed by atoms with Crippen molar-refractivity contribution >= 4 is 22.2 Å². The van der Waals surface area contributed by atoms with Crippen molar-refractivity contribution in [1.82, 2.24) is 4.98 Å². The highest BCUT2D eigenvalue weighted by molar-refractivity contribution is 7.10. The van der Waals surface area contributed by atoms with Gasteiger partial charge >= 0.3 is 0 Å². The molecule has 2 aliphatic rings. The maximum Gasteiger partial charge on any atom is 0.123 e.